The third-order valence-corrected chi connectivity index (χ3v) is 5.43. The molecule has 3 rings (SSSR count). The van der Waals surface area contributed by atoms with Crippen molar-refractivity contribution >= 4 is 34.7 Å². The molecule has 0 aromatic carbocycles. The van der Waals surface area contributed by atoms with Crippen LogP contribution in [0.25, 0.3) is 0 Å². The molecular formula is C18H24ClN5S. The summed E-state index contributed by atoms with van der Waals surface area (Å²) in [6.45, 7) is 7.59. The number of aliphatic imine (C=N–C) groups is 1. The Bertz CT molecular complexity index is 680. The molecule has 1 aliphatic rings. The van der Waals surface area contributed by atoms with Crippen LogP contribution in [-0.4, -0.2) is 55.1 Å². The van der Waals surface area contributed by atoms with Gasteiger partial charge in [-0.2, -0.15) is 0 Å². The highest BCUT2D eigenvalue weighted by molar-refractivity contribution is 7.16. The summed E-state index contributed by atoms with van der Waals surface area (Å²) in [7, 11) is 0. The Balaban J connectivity index is 1.55. The van der Waals surface area contributed by atoms with E-state index in [2.05, 4.69) is 39.2 Å². The smallest absolute Gasteiger partial charge is 0.194 e. The van der Waals surface area contributed by atoms with E-state index in [9.17, 15) is 0 Å². The van der Waals surface area contributed by atoms with Crippen LogP contribution in [-0.2, 0) is 6.42 Å². The number of hydrogen-bond donors (Lipinski definition) is 1. The highest BCUT2D eigenvalue weighted by Crippen LogP contribution is 2.21. The summed E-state index contributed by atoms with van der Waals surface area (Å²) < 4.78 is 0.844. The van der Waals surface area contributed by atoms with E-state index in [1.54, 1.807) is 11.3 Å². The molecule has 1 fully saturated rings. The van der Waals surface area contributed by atoms with Gasteiger partial charge in [0.25, 0.3) is 0 Å². The van der Waals surface area contributed by atoms with Crippen molar-refractivity contribution in [3.8, 4) is 0 Å². The van der Waals surface area contributed by atoms with Crippen molar-refractivity contribution in [2.45, 2.75) is 13.3 Å². The van der Waals surface area contributed by atoms with Gasteiger partial charge < -0.3 is 15.1 Å². The number of aromatic nitrogens is 1. The van der Waals surface area contributed by atoms with Crippen LogP contribution in [0.3, 0.4) is 0 Å². The number of hydrogen-bond acceptors (Lipinski definition) is 4. The molecule has 0 amide bonds. The van der Waals surface area contributed by atoms with Gasteiger partial charge in [-0.1, -0.05) is 17.7 Å². The summed E-state index contributed by atoms with van der Waals surface area (Å²) in [5.74, 6) is 2.06. The minimum absolute atomic E-state index is 0.777. The van der Waals surface area contributed by atoms with E-state index < -0.39 is 0 Å². The Labute approximate surface area is 158 Å². The summed E-state index contributed by atoms with van der Waals surface area (Å²) >= 11 is 7.62. The summed E-state index contributed by atoms with van der Waals surface area (Å²) in [5.41, 5.74) is 0. The molecule has 0 saturated carbocycles. The summed E-state index contributed by atoms with van der Waals surface area (Å²) in [5, 5.41) is 3.42. The van der Waals surface area contributed by atoms with Gasteiger partial charge in [0.15, 0.2) is 5.96 Å². The molecule has 1 aliphatic heterocycles. The van der Waals surface area contributed by atoms with Crippen molar-refractivity contribution in [2.75, 3.05) is 44.2 Å². The molecule has 25 heavy (non-hydrogen) atoms. The lowest BCUT2D eigenvalue weighted by atomic mass is 10.3. The normalized spacial score (nSPS) is 15.5. The molecule has 0 atom stereocenters. The highest BCUT2D eigenvalue weighted by atomic mass is 35.5. The van der Waals surface area contributed by atoms with Crippen LogP contribution in [0, 0.1) is 0 Å². The Morgan fingerprint density at radius 1 is 1.24 bits per heavy atom. The molecule has 0 radical (unpaired) electrons. The fraction of sp³-hybridized carbons (Fsp3) is 0.444. The molecular weight excluding hydrogens is 354 g/mol. The number of nitrogens with zero attached hydrogens (tertiary/aromatic N) is 4. The monoisotopic (exact) mass is 377 g/mol. The second-order valence-corrected chi connectivity index (χ2v) is 7.65. The molecule has 0 aliphatic carbocycles. The van der Waals surface area contributed by atoms with Crippen molar-refractivity contribution in [3.05, 3.63) is 45.7 Å². The third-order valence-electron chi connectivity index (χ3n) is 4.14. The van der Waals surface area contributed by atoms with E-state index in [0.717, 1.165) is 61.8 Å². The van der Waals surface area contributed by atoms with Gasteiger partial charge in [-0.05, 0) is 31.2 Å². The molecule has 1 saturated heterocycles. The van der Waals surface area contributed by atoms with Crippen LogP contribution in [0.2, 0.25) is 4.34 Å². The summed E-state index contributed by atoms with van der Waals surface area (Å²) in [6, 6.07) is 10.1. The SMILES string of the molecule is CCNC(=NCCc1ccc(Cl)s1)N1CCN(c2ccccn2)CC1. The lowest BCUT2D eigenvalue weighted by molar-refractivity contribution is 0.371. The van der Waals surface area contributed by atoms with E-state index in [1.807, 2.05) is 24.4 Å². The lowest BCUT2D eigenvalue weighted by Gasteiger charge is -2.37. The minimum atomic E-state index is 0.777. The fourth-order valence-electron chi connectivity index (χ4n) is 2.87. The van der Waals surface area contributed by atoms with E-state index in [-0.39, 0.29) is 0 Å². The molecule has 7 heteroatoms. The first kappa shape index (κ1) is 18.0. The second-order valence-electron chi connectivity index (χ2n) is 5.85. The van der Waals surface area contributed by atoms with E-state index in [1.165, 1.54) is 4.88 Å². The number of halogens is 1. The number of piperazine rings is 1. The zero-order chi connectivity index (χ0) is 17.5. The average molecular weight is 378 g/mol. The average Bonchev–Trinajstić information content (AvgIpc) is 3.07. The number of anilines is 1. The van der Waals surface area contributed by atoms with Gasteiger partial charge in [0.1, 0.15) is 5.82 Å². The number of pyridine rings is 1. The minimum Gasteiger partial charge on any atom is -0.357 e. The van der Waals surface area contributed by atoms with Gasteiger partial charge in [-0.15, -0.1) is 11.3 Å². The zero-order valence-electron chi connectivity index (χ0n) is 14.5. The van der Waals surface area contributed by atoms with Crippen molar-refractivity contribution in [1.82, 2.24) is 15.2 Å². The largest absolute Gasteiger partial charge is 0.357 e. The van der Waals surface area contributed by atoms with Crippen LogP contribution >= 0.6 is 22.9 Å². The van der Waals surface area contributed by atoms with Crippen LogP contribution in [0.15, 0.2) is 41.5 Å². The molecule has 0 unspecified atom stereocenters. The first-order valence-electron chi connectivity index (χ1n) is 8.69. The molecule has 0 spiro atoms. The molecule has 134 valence electrons. The van der Waals surface area contributed by atoms with Gasteiger partial charge in [0.05, 0.1) is 4.34 Å². The number of nitrogens with one attached hydrogen (secondary N) is 1. The molecule has 5 nitrogen and oxygen atoms in total. The van der Waals surface area contributed by atoms with Crippen LogP contribution < -0.4 is 10.2 Å². The second kappa shape index (κ2) is 9.06. The Morgan fingerprint density at radius 2 is 2.08 bits per heavy atom. The Morgan fingerprint density at radius 3 is 2.72 bits per heavy atom. The highest BCUT2D eigenvalue weighted by Gasteiger charge is 2.20. The van der Waals surface area contributed by atoms with Crippen LogP contribution in [0.1, 0.15) is 11.8 Å². The van der Waals surface area contributed by atoms with Gasteiger partial charge in [-0.25, -0.2) is 4.98 Å². The zero-order valence-corrected chi connectivity index (χ0v) is 16.1. The molecule has 3 heterocycles. The maximum Gasteiger partial charge on any atom is 0.194 e. The van der Waals surface area contributed by atoms with E-state index >= 15 is 0 Å². The van der Waals surface area contributed by atoms with Gasteiger partial charge in [0.2, 0.25) is 0 Å². The Kier molecular flexibility index (Phi) is 6.53. The molecule has 1 N–H and O–H groups in total. The van der Waals surface area contributed by atoms with Gasteiger partial charge in [-0.3, -0.25) is 4.99 Å². The lowest BCUT2D eigenvalue weighted by Crippen LogP contribution is -2.52. The summed E-state index contributed by atoms with van der Waals surface area (Å²) in [6.07, 6.45) is 2.78. The van der Waals surface area contributed by atoms with Gasteiger partial charge >= 0.3 is 0 Å². The number of rotatable bonds is 5. The van der Waals surface area contributed by atoms with Crippen molar-refractivity contribution < 1.29 is 0 Å². The first-order chi connectivity index (χ1) is 12.3. The molecule has 0 bridgehead atoms. The topological polar surface area (TPSA) is 43.8 Å². The Hall–Kier alpha value is -1.79. The van der Waals surface area contributed by atoms with E-state index in [4.69, 9.17) is 16.6 Å². The van der Waals surface area contributed by atoms with Crippen LogP contribution in [0.5, 0.6) is 0 Å². The van der Waals surface area contributed by atoms with Crippen LogP contribution in [0.4, 0.5) is 5.82 Å². The molecule has 2 aromatic rings. The predicted molar refractivity (Wildman–Crippen MR) is 107 cm³/mol. The standard InChI is InChI=1S/C18H24ClN5S/c1-2-20-18(22-10-8-15-6-7-16(19)25-15)24-13-11-23(12-14-24)17-5-3-4-9-21-17/h3-7,9H,2,8,10-14H2,1H3,(H,20,22). The maximum absolute atomic E-state index is 5.99. The predicted octanol–water partition coefficient (Wildman–Crippen LogP) is 3.13. The fourth-order valence-corrected chi connectivity index (χ4v) is 3.95. The maximum atomic E-state index is 5.99. The quantitative estimate of drug-likeness (QED) is 0.642. The molecule has 2 aromatic heterocycles. The number of thiophene rings is 1. The van der Waals surface area contributed by atoms with E-state index in [0.29, 0.717) is 0 Å². The van der Waals surface area contributed by atoms with Crippen molar-refractivity contribution in [2.24, 2.45) is 4.99 Å². The van der Waals surface area contributed by atoms with Crippen molar-refractivity contribution in [3.63, 3.8) is 0 Å². The number of guanidine groups is 1. The van der Waals surface area contributed by atoms with Crippen molar-refractivity contribution in [1.29, 1.82) is 0 Å². The third kappa shape index (κ3) is 5.09. The first-order valence-corrected chi connectivity index (χ1v) is 9.89. The summed E-state index contributed by atoms with van der Waals surface area (Å²) in [4.78, 5) is 15.2. The van der Waals surface area contributed by atoms with Gasteiger partial charge in [0, 0.05) is 56.8 Å².